The Balaban J connectivity index is 2.90. The second-order valence-corrected chi connectivity index (χ2v) is 2.98. The zero-order valence-corrected chi connectivity index (χ0v) is 7.23. The van der Waals surface area contributed by atoms with E-state index in [1.807, 2.05) is 25.1 Å². The number of benzene rings is 1. The third-order valence-electron chi connectivity index (χ3n) is 1.59. The number of rotatable bonds is 2. The monoisotopic (exact) mass is 170 g/mol. The van der Waals surface area contributed by atoms with Crippen molar-refractivity contribution in [3.05, 3.63) is 34.3 Å². The van der Waals surface area contributed by atoms with Crippen LogP contribution in [0.25, 0.3) is 0 Å². The predicted octanol–water partition coefficient (Wildman–Crippen LogP) is 2.18. The van der Waals surface area contributed by atoms with Crippen LogP contribution in [0.1, 0.15) is 11.1 Å². The molecule has 0 saturated carbocycles. The molecule has 0 atom stereocenters. The first kappa shape index (κ1) is 8.57. The van der Waals surface area contributed by atoms with Crippen LogP contribution in [0.4, 0.5) is 0 Å². The van der Waals surface area contributed by atoms with Crippen LogP contribution in [0.15, 0.2) is 18.2 Å². The van der Waals surface area contributed by atoms with Gasteiger partial charge in [0.25, 0.3) is 0 Å². The molecule has 0 aliphatic carbocycles. The Morgan fingerprint density at radius 2 is 2.18 bits per heavy atom. The molecule has 0 fully saturated rings. The normalized spacial score (nSPS) is 10.1. The van der Waals surface area contributed by atoms with Crippen molar-refractivity contribution in [1.29, 1.82) is 0 Å². The minimum atomic E-state index is 0.156. The Hall–Kier alpha value is -0.530. The molecule has 0 aliphatic rings. The molecule has 0 amide bonds. The van der Waals surface area contributed by atoms with E-state index in [-0.39, 0.29) is 6.61 Å². The third-order valence-corrected chi connectivity index (χ3v) is 1.94. The highest BCUT2D eigenvalue weighted by Gasteiger charge is 1.98. The van der Waals surface area contributed by atoms with Crippen molar-refractivity contribution in [2.24, 2.45) is 0 Å². The van der Waals surface area contributed by atoms with E-state index in [0.29, 0.717) is 6.42 Å². The fourth-order valence-corrected chi connectivity index (χ4v) is 1.31. The summed E-state index contributed by atoms with van der Waals surface area (Å²) in [6.07, 6.45) is 0.638. The number of aliphatic hydroxyl groups excluding tert-OH is 1. The zero-order chi connectivity index (χ0) is 8.27. The van der Waals surface area contributed by atoms with Crippen LogP contribution in [0, 0.1) is 6.92 Å². The Kier molecular flexibility index (Phi) is 2.92. The molecule has 0 aromatic heterocycles. The summed E-state index contributed by atoms with van der Waals surface area (Å²) in [6.45, 7) is 2.15. The summed E-state index contributed by atoms with van der Waals surface area (Å²) in [5.74, 6) is 0. The van der Waals surface area contributed by atoms with Crippen LogP contribution in [0.2, 0.25) is 5.02 Å². The molecular formula is C9H11ClO. The van der Waals surface area contributed by atoms with Crippen LogP contribution in [-0.2, 0) is 6.42 Å². The molecule has 0 spiro atoms. The van der Waals surface area contributed by atoms with Gasteiger partial charge in [-0.1, -0.05) is 23.7 Å². The van der Waals surface area contributed by atoms with E-state index < -0.39 is 0 Å². The van der Waals surface area contributed by atoms with E-state index in [1.54, 1.807) is 0 Å². The van der Waals surface area contributed by atoms with Crippen molar-refractivity contribution < 1.29 is 5.11 Å². The van der Waals surface area contributed by atoms with Crippen LogP contribution in [0.3, 0.4) is 0 Å². The smallest absolute Gasteiger partial charge is 0.0471 e. The number of aryl methyl sites for hydroxylation is 1. The van der Waals surface area contributed by atoms with Gasteiger partial charge in [0.05, 0.1) is 0 Å². The van der Waals surface area contributed by atoms with Crippen molar-refractivity contribution in [1.82, 2.24) is 0 Å². The molecule has 11 heavy (non-hydrogen) atoms. The second kappa shape index (κ2) is 3.74. The number of aliphatic hydroxyl groups is 1. The van der Waals surface area contributed by atoms with E-state index in [4.69, 9.17) is 16.7 Å². The molecule has 0 bridgehead atoms. The summed E-state index contributed by atoms with van der Waals surface area (Å²) in [4.78, 5) is 0. The largest absolute Gasteiger partial charge is 0.396 e. The maximum Gasteiger partial charge on any atom is 0.0471 e. The lowest BCUT2D eigenvalue weighted by molar-refractivity contribution is 0.299. The summed E-state index contributed by atoms with van der Waals surface area (Å²) in [6, 6.07) is 5.86. The van der Waals surface area contributed by atoms with E-state index in [9.17, 15) is 0 Å². The Morgan fingerprint density at radius 3 is 2.73 bits per heavy atom. The molecule has 0 heterocycles. The number of hydrogen-bond donors (Lipinski definition) is 1. The first-order chi connectivity index (χ1) is 5.24. The van der Waals surface area contributed by atoms with Gasteiger partial charge in [0.2, 0.25) is 0 Å². The maximum absolute atomic E-state index is 8.65. The molecule has 1 aromatic rings. The molecule has 1 N–H and O–H groups in total. The minimum Gasteiger partial charge on any atom is -0.396 e. The molecule has 60 valence electrons. The zero-order valence-electron chi connectivity index (χ0n) is 6.47. The fourth-order valence-electron chi connectivity index (χ4n) is 0.976. The van der Waals surface area contributed by atoms with Crippen molar-refractivity contribution in [3.63, 3.8) is 0 Å². The molecule has 2 heteroatoms. The van der Waals surface area contributed by atoms with Gasteiger partial charge in [-0.25, -0.2) is 0 Å². The summed E-state index contributed by atoms with van der Waals surface area (Å²) in [5.41, 5.74) is 2.16. The van der Waals surface area contributed by atoms with Gasteiger partial charge in [0.15, 0.2) is 0 Å². The Morgan fingerprint density at radius 1 is 1.45 bits per heavy atom. The van der Waals surface area contributed by atoms with Gasteiger partial charge in [-0.15, -0.1) is 0 Å². The lowest BCUT2D eigenvalue weighted by Crippen LogP contribution is -1.91. The Labute approximate surface area is 71.6 Å². The van der Waals surface area contributed by atoms with Gasteiger partial charge < -0.3 is 5.11 Å². The molecule has 0 aliphatic heterocycles. The average Bonchev–Trinajstić information content (AvgIpc) is 1.95. The topological polar surface area (TPSA) is 20.2 Å². The molecule has 0 saturated heterocycles. The van der Waals surface area contributed by atoms with Gasteiger partial charge in [0, 0.05) is 11.6 Å². The van der Waals surface area contributed by atoms with Gasteiger partial charge in [-0.05, 0) is 30.5 Å². The lowest BCUT2D eigenvalue weighted by Gasteiger charge is -2.01. The maximum atomic E-state index is 8.65. The molecule has 1 rings (SSSR count). The van der Waals surface area contributed by atoms with Crippen LogP contribution in [0.5, 0.6) is 0 Å². The van der Waals surface area contributed by atoms with E-state index in [0.717, 1.165) is 16.1 Å². The first-order valence-electron chi connectivity index (χ1n) is 3.60. The molecule has 0 radical (unpaired) electrons. The number of hydrogen-bond acceptors (Lipinski definition) is 1. The first-order valence-corrected chi connectivity index (χ1v) is 3.97. The highest BCUT2D eigenvalue weighted by atomic mass is 35.5. The molecular weight excluding hydrogens is 160 g/mol. The minimum absolute atomic E-state index is 0.156. The number of halogens is 1. The fraction of sp³-hybridized carbons (Fsp3) is 0.333. The van der Waals surface area contributed by atoms with Crippen molar-refractivity contribution in [3.8, 4) is 0 Å². The SMILES string of the molecule is Cc1ccc(CCO)c(Cl)c1. The van der Waals surface area contributed by atoms with E-state index >= 15 is 0 Å². The third kappa shape index (κ3) is 2.21. The molecule has 0 unspecified atom stereocenters. The summed E-state index contributed by atoms with van der Waals surface area (Å²) < 4.78 is 0. The second-order valence-electron chi connectivity index (χ2n) is 2.57. The predicted molar refractivity (Wildman–Crippen MR) is 47.0 cm³/mol. The van der Waals surface area contributed by atoms with Gasteiger partial charge in [-0.2, -0.15) is 0 Å². The van der Waals surface area contributed by atoms with Gasteiger partial charge in [0.1, 0.15) is 0 Å². The van der Waals surface area contributed by atoms with E-state index in [2.05, 4.69) is 0 Å². The lowest BCUT2D eigenvalue weighted by atomic mass is 10.1. The van der Waals surface area contributed by atoms with Crippen LogP contribution < -0.4 is 0 Å². The summed E-state index contributed by atoms with van der Waals surface area (Å²) in [7, 11) is 0. The van der Waals surface area contributed by atoms with Crippen molar-refractivity contribution in [2.45, 2.75) is 13.3 Å². The Bertz CT molecular complexity index is 245. The summed E-state index contributed by atoms with van der Waals surface area (Å²) in [5, 5.41) is 9.40. The van der Waals surface area contributed by atoms with E-state index in [1.165, 1.54) is 0 Å². The summed E-state index contributed by atoms with van der Waals surface area (Å²) >= 11 is 5.90. The average molecular weight is 171 g/mol. The highest BCUT2D eigenvalue weighted by molar-refractivity contribution is 6.31. The van der Waals surface area contributed by atoms with Gasteiger partial charge in [-0.3, -0.25) is 0 Å². The standard InChI is InChI=1S/C9H11ClO/c1-7-2-3-8(4-5-11)9(10)6-7/h2-3,6,11H,4-5H2,1H3. The quantitative estimate of drug-likeness (QED) is 0.722. The van der Waals surface area contributed by atoms with Crippen molar-refractivity contribution >= 4 is 11.6 Å². The highest BCUT2D eigenvalue weighted by Crippen LogP contribution is 2.17. The van der Waals surface area contributed by atoms with Crippen LogP contribution >= 0.6 is 11.6 Å². The van der Waals surface area contributed by atoms with Gasteiger partial charge >= 0.3 is 0 Å². The molecule has 1 nitrogen and oxygen atoms in total. The van der Waals surface area contributed by atoms with Crippen LogP contribution in [-0.4, -0.2) is 11.7 Å². The van der Waals surface area contributed by atoms with Crippen molar-refractivity contribution in [2.75, 3.05) is 6.61 Å². The molecule has 1 aromatic carbocycles.